The van der Waals surface area contributed by atoms with Gasteiger partial charge in [-0.1, -0.05) is 24.3 Å². The van der Waals surface area contributed by atoms with Crippen molar-refractivity contribution in [1.82, 2.24) is 19.8 Å². The van der Waals surface area contributed by atoms with Crippen LogP contribution in [0, 0.1) is 0 Å². The molecule has 0 saturated carbocycles. The summed E-state index contributed by atoms with van der Waals surface area (Å²) in [5, 5.41) is 7.20. The third kappa shape index (κ3) is 3.69. The largest absolute Gasteiger partial charge is 0.488 e. The average molecular weight is 382 g/mol. The van der Waals surface area contributed by atoms with Gasteiger partial charge in [0.2, 0.25) is 0 Å². The van der Waals surface area contributed by atoms with E-state index in [4.69, 9.17) is 4.74 Å². The van der Waals surface area contributed by atoms with Crippen molar-refractivity contribution >= 4 is 0 Å². The predicted molar refractivity (Wildman–Crippen MR) is 87.3 cm³/mol. The molecule has 0 spiro atoms. The van der Waals surface area contributed by atoms with E-state index >= 15 is 0 Å². The van der Waals surface area contributed by atoms with Crippen molar-refractivity contribution in [2.75, 3.05) is 0 Å². The SMILES string of the molecule is Cn1nnn(-c2cccc(C(F)F)c2COc2ccccc2C(F)F)c1=O. The average Bonchev–Trinajstić information content (AvgIpc) is 2.98. The molecule has 0 aliphatic rings. The highest BCUT2D eigenvalue weighted by atomic mass is 19.3. The Bertz CT molecular complexity index is 1000. The highest BCUT2D eigenvalue weighted by molar-refractivity contribution is 5.46. The molecule has 6 nitrogen and oxygen atoms in total. The Morgan fingerprint density at radius 3 is 2.26 bits per heavy atom. The van der Waals surface area contributed by atoms with E-state index in [2.05, 4.69) is 10.4 Å². The fourth-order valence-corrected chi connectivity index (χ4v) is 2.56. The van der Waals surface area contributed by atoms with Gasteiger partial charge >= 0.3 is 5.69 Å². The van der Waals surface area contributed by atoms with E-state index in [1.54, 1.807) is 0 Å². The minimum Gasteiger partial charge on any atom is -0.488 e. The molecule has 1 aromatic heterocycles. The number of tetrazole rings is 1. The zero-order chi connectivity index (χ0) is 19.6. The Morgan fingerprint density at radius 1 is 0.963 bits per heavy atom. The van der Waals surface area contributed by atoms with Crippen LogP contribution < -0.4 is 10.4 Å². The van der Waals surface area contributed by atoms with Crippen LogP contribution in [0.1, 0.15) is 29.5 Å². The van der Waals surface area contributed by atoms with Crippen molar-refractivity contribution in [3.8, 4) is 11.4 Å². The molecule has 1 heterocycles. The molecule has 0 aliphatic carbocycles. The van der Waals surface area contributed by atoms with Crippen LogP contribution in [-0.4, -0.2) is 19.8 Å². The smallest absolute Gasteiger partial charge is 0.368 e. The van der Waals surface area contributed by atoms with Gasteiger partial charge in [-0.05, 0) is 28.6 Å². The van der Waals surface area contributed by atoms with Gasteiger partial charge in [-0.3, -0.25) is 0 Å². The fraction of sp³-hybridized carbons (Fsp3) is 0.235. The molecule has 0 amide bonds. The Kier molecular flexibility index (Phi) is 5.24. The normalized spacial score (nSPS) is 11.4. The lowest BCUT2D eigenvalue weighted by Crippen LogP contribution is -2.23. The summed E-state index contributed by atoms with van der Waals surface area (Å²) in [5.41, 5.74) is -1.39. The van der Waals surface area contributed by atoms with E-state index < -0.39 is 25.1 Å². The Morgan fingerprint density at radius 2 is 1.63 bits per heavy atom. The number of hydrogen-bond donors (Lipinski definition) is 0. The molecule has 2 aromatic carbocycles. The first kappa shape index (κ1) is 18.6. The summed E-state index contributed by atoms with van der Waals surface area (Å²) in [6.07, 6.45) is -5.64. The molecule has 0 saturated heterocycles. The van der Waals surface area contributed by atoms with Gasteiger partial charge in [0, 0.05) is 18.2 Å². The minimum atomic E-state index is -2.86. The Hall–Kier alpha value is -3.17. The van der Waals surface area contributed by atoms with E-state index in [0.29, 0.717) is 0 Å². The van der Waals surface area contributed by atoms with Gasteiger partial charge in [0.15, 0.2) is 0 Å². The number of aryl methyl sites for hydroxylation is 1. The van der Waals surface area contributed by atoms with Crippen molar-refractivity contribution in [2.24, 2.45) is 7.05 Å². The summed E-state index contributed by atoms with van der Waals surface area (Å²) in [6, 6.07) is 9.34. The van der Waals surface area contributed by atoms with E-state index in [-0.39, 0.29) is 28.1 Å². The standard InChI is InChI=1S/C17H14F4N4O2/c1-24-17(26)25(23-22-24)13-7-4-6-10(15(18)19)12(13)9-27-14-8-3-2-5-11(14)16(20)21/h2-8,15-16H,9H2,1H3. The topological polar surface area (TPSA) is 61.9 Å². The van der Waals surface area contributed by atoms with Crippen molar-refractivity contribution in [2.45, 2.75) is 19.5 Å². The summed E-state index contributed by atoms with van der Waals surface area (Å²) >= 11 is 0. The Balaban J connectivity index is 2.04. The lowest BCUT2D eigenvalue weighted by Gasteiger charge is -2.16. The first-order chi connectivity index (χ1) is 12.9. The summed E-state index contributed by atoms with van der Waals surface area (Å²) in [6.45, 7) is -0.456. The van der Waals surface area contributed by atoms with Crippen molar-refractivity contribution in [3.05, 3.63) is 69.6 Å². The summed E-state index contributed by atoms with van der Waals surface area (Å²) in [7, 11) is 1.36. The number of benzene rings is 2. The highest BCUT2D eigenvalue weighted by Crippen LogP contribution is 2.32. The lowest BCUT2D eigenvalue weighted by molar-refractivity contribution is 0.141. The first-order valence-electron chi connectivity index (χ1n) is 7.79. The maximum absolute atomic E-state index is 13.5. The molecule has 27 heavy (non-hydrogen) atoms. The molecule has 0 fully saturated rings. The molecule has 0 radical (unpaired) electrons. The second kappa shape index (κ2) is 7.60. The molecule has 142 valence electrons. The number of alkyl halides is 4. The molecule has 0 bridgehead atoms. The summed E-state index contributed by atoms with van der Waals surface area (Å²) < 4.78 is 60.3. The molecule has 10 heteroatoms. The predicted octanol–water partition coefficient (Wildman–Crippen LogP) is 3.42. The molecular weight excluding hydrogens is 368 g/mol. The van der Waals surface area contributed by atoms with Crippen LogP contribution in [0.5, 0.6) is 5.75 Å². The zero-order valence-electron chi connectivity index (χ0n) is 14.0. The number of hydrogen-bond acceptors (Lipinski definition) is 4. The van der Waals surface area contributed by atoms with Crippen molar-refractivity contribution in [1.29, 1.82) is 0 Å². The van der Waals surface area contributed by atoms with E-state index in [1.165, 1.54) is 49.5 Å². The van der Waals surface area contributed by atoms with Gasteiger partial charge in [0.25, 0.3) is 12.9 Å². The van der Waals surface area contributed by atoms with E-state index in [1.807, 2.05) is 0 Å². The fourth-order valence-electron chi connectivity index (χ4n) is 2.56. The van der Waals surface area contributed by atoms with Crippen LogP contribution in [0.15, 0.2) is 47.3 Å². The van der Waals surface area contributed by atoms with Gasteiger partial charge < -0.3 is 4.74 Å². The monoisotopic (exact) mass is 382 g/mol. The third-order valence-electron chi connectivity index (χ3n) is 3.90. The maximum Gasteiger partial charge on any atom is 0.368 e. The van der Waals surface area contributed by atoms with Crippen molar-refractivity contribution in [3.63, 3.8) is 0 Å². The van der Waals surface area contributed by atoms with Gasteiger partial charge in [0.1, 0.15) is 12.4 Å². The third-order valence-corrected chi connectivity index (χ3v) is 3.90. The number of para-hydroxylation sites is 1. The molecule has 0 aliphatic heterocycles. The van der Waals surface area contributed by atoms with Gasteiger partial charge in [0.05, 0.1) is 11.3 Å². The van der Waals surface area contributed by atoms with Gasteiger partial charge in [-0.25, -0.2) is 22.4 Å². The second-order valence-corrected chi connectivity index (χ2v) is 5.57. The van der Waals surface area contributed by atoms with Crippen LogP contribution in [-0.2, 0) is 13.7 Å². The van der Waals surface area contributed by atoms with Crippen LogP contribution in [0.3, 0.4) is 0 Å². The summed E-state index contributed by atoms with van der Waals surface area (Å²) in [5.74, 6) is -0.131. The minimum absolute atomic E-state index is 0.0421. The Labute approximate surface area is 150 Å². The van der Waals surface area contributed by atoms with E-state index in [9.17, 15) is 22.4 Å². The maximum atomic E-state index is 13.5. The number of aromatic nitrogens is 4. The van der Waals surface area contributed by atoms with Crippen LogP contribution in [0.4, 0.5) is 17.6 Å². The highest BCUT2D eigenvalue weighted by Gasteiger charge is 2.21. The molecular formula is C17H14F4N4O2. The van der Waals surface area contributed by atoms with Crippen LogP contribution in [0.25, 0.3) is 5.69 Å². The molecule has 3 aromatic rings. The summed E-state index contributed by atoms with van der Waals surface area (Å²) in [4.78, 5) is 12.1. The molecule has 0 unspecified atom stereocenters. The lowest BCUT2D eigenvalue weighted by atomic mass is 10.1. The molecule has 0 atom stereocenters. The number of ether oxygens (including phenoxy) is 1. The first-order valence-corrected chi connectivity index (χ1v) is 7.79. The van der Waals surface area contributed by atoms with Crippen LogP contribution in [0.2, 0.25) is 0 Å². The quantitative estimate of drug-likeness (QED) is 0.613. The number of rotatable bonds is 6. The van der Waals surface area contributed by atoms with Crippen LogP contribution >= 0.6 is 0 Å². The van der Waals surface area contributed by atoms with Gasteiger partial charge in [-0.15, -0.1) is 0 Å². The second-order valence-electron chi connectivity index (χ2n) is 5.57. The number of halogens is 4. The zero-order valence-corrected chi connectivity index (χ0v) is 14.0. The van der Waals surface area contributed by atoms with E-state index in [0.717, 1.165) is 9.36 Å². The van der Waals surface area contributed by atoms with Crippen molar-refractivity contribution < 1.29 is 22.3 Å². The van der Waals surface area contributed by atoms with Gasteiger partial charge in [-0.2, -0.15) is 9.36 Å². The molecule has 3 rings (SSSR count). The molecule has 0 N–H and O–H groups in total. The number of nitrogens with zero attached hydrogens (tertiary/aromatic N) is 4.